The second-order valence-electron chi connectivity index (χ2n) is 9.10. The number of hydrogen-bond acceptors (Lipinski definition) is 4. The van der Waals surface area contributed by atoms with Gasteiger partial charge in [-0.25, -0.2) is 4.79 Å². The Morgan fingerprint density at radius 2 is 1.75 bits per heavy atom. The topological polar surface area (TPSA) is 108 Å². The van der Waals surface area contributed by atoms with Gasteiger partial charge < -0.3 is 16.0 Å². The van der Waals surface area contributed by atoms with Gasteiger partial charge in [-0.05, 0) is 55.2 Å². The van der Waals surface area contributed by atoms with Crippen molar-refractivity contribution in [2.24, 2.45) is 5.92 Å². The summed E-state index contributed by atoms with van der Waals surface area (Å²) in [6, 6.07) is 9.40. The molecule has 2 fully saturated rings. The number of carbonyl (C=O) groups excluding carboxylic acids is 4. The third-order valence-electron chi connectivity index (χ3n) is 6.66. The minimum atomic E-state index is -4.55. The third-order valence-corrected chi connectivity index (χ3v) is 6.66. The zero-order valence-corrected chi connectivity index (χ0v) is 19.4. The van der Waals surface area contributed by atoms with Crippen molar-refractivity contribution in [1.82, 2.24) is 10.2 Å². The highest BCUT2D eigenvalue weighted by atomic mass is 19.4. The Morgan fingerprint density at radius 1 is 1.06 bits per heavy atom. The van der Waals surface area contributed by atoms with E-state index in [-0.39, 0.29) is 22.9 Å². The van der Waals surface area contributed by atoms with Gasteiger partial charge in [0.25, 0.3) is 11.8 Å². The molecular formula is C25H25F3N4O4. The average Bonchev–Trinajstić information content (AvgIpc) is 3.05. The van der Waals surface area contributed by atoms with Crippen LogP contribution in [0.4, 0.5) is 29.3 Å². The molecular weight excluding hydrogens is 477 g/mol. The van der Waals surface area contributed by atoms with Crippen LogP contribution in [0, 0.1) is 5.92 Å². The van der Waals surface area contributed by atoms with Gasteiger partial charge in [-0.15, -0.1) is 0 Å². The molecule has 0 bridgehead atoms. The largest absolute Gasteiger partial charge is 0.416 e. The highest BCUT2D eigenvalue weighted by Gasteiger charge is 2.55. The van der Waals surface area contributed by atoms with Crippen LogP contribution in [0.5, 0.6) is 0 Å². The smallest absolute Gasteiger partial charge is 0.325 e. The van der Waals surface area contributed by atoms with Crippen molar-refractivity contribution in [3.63, 3.8) is 0 Å². The van der Waals surface area contributed by atoms with Crippen LogP contribution < -0.4 is 16.0 Å². The van der Waals surface area contributed by atoms with Gasteiger partial charge >= 0.3 is 12.2 Å². The van der Waals surface area contributed by atoms with Gasteiger partial charge in [-0.3, -0.25) is 19.3 Å². The molecule has 2 aromatic carbocycles. The van der Waals surface area contributed by atoms with E-state index in [0.29, 0.717) is 6.42 Å². The Hall–Kier alpha value is -3.89. The van der Waals surface area contributed by atoms with E-state index in [1.54, 1.807) is 0 Å². The van der Waals surface area contributed by atoms with Crippen molar-refractivity contribution >= 4 is 35.1 Å². The summed E-state index contributed by atoms with van der Waals surface area (Å²) in [6.07, 6.45) is -1.43. The van der Waals surface area contributed by atoms with Crippen LogP contribution in [0.3, 0.4) is 0 Å². The van der Waals surface area contributed by atoms with Crippen LogP contribution in [-0.2, 0) is 15.8 Å². The summed E-state index contributed by atoms with van der Waals surface area (Å²) >= 11 is 0. The van der Waals surface area contributed by atoms with Crippen molar-refractivity contribution < 1.29 is 32.3 Å². The summed E-state index contributed by atoms with van der Waals surface area (Å²) in [7, 11) is 0. The Bertz CT molecular complexity index is 1220. The predicted molar refractivity (Wildman–Crippen MR) is 125 cm³/mol. The lowest BCUT2D eigenvalue weighted by Gasteiger charge is -2.36. The summed E-state index contributed by atoms with van der Waals surface area (Å²) in [5.41, 5.74) is -1.59. The van der Waals surface area contributed by atoms with E-state index in [1.165, 1.54) is 36.4 Å². The van der Waals surface area contributed by atoms with Gasteiger partial charge in [0.2, 0.25) is 5.91 Å². The van der Waals surface area contributed by atoms with Crippen LogP contribution >= 0.6 is 0 Å². The Kier molecular flexibility index (Phi) is 6.75. The molecule has 1 saturated carbocycles. The minimum Gasteiger partial charge on any atom is -0.325 e. The maximum Gasteiger partial charge on any atom is 0.416 e. The predicted octanol–water partition coefficient (Wildman–Crippen LogP) is 4.40. The number of halogens is 3. The van der Waals surface area contributed by atoms with E-state index in [4.69, 9.17) is 0 Å². The van der Waals surface area contributed by atoms with Crippen LogP contribution in [-0.4, -0.2) is 40.7 Å². The molecule has 4 rings (SSSR count). The summed E-state index contributed by atoms with van der Waals surface area (Å²) in [6.45, 7) is 1.43. The van der Waals surface area contributed by atoms with Crippen LogP contribution in [0.25, 0.3) is 0 Å². The lowest BCUT2D eigenvalue weighted by atomic mass is 9.73. The first-order chi connectivity index (χ1) is 17.0. The fourth-order valence-electron chi connectivity index (χ4n) is 4.70. The zero-order chi connectivity index (χ0) is 26.1. The molecule has 0 aromatic heterocycles. The molecule has 8 nitrogen and oxygen atoms in total. The first kappa shape index (κ1) is 25.2. The van der Waals surface area contributed by atoms with E-state index < -0.39 is 47.6 Å². The van der Waals surface area contributed by atoms with Crippen molar-refractivity contribution in [3.05, 3.63) is 59.7 Å². The number of nitrogens with one attached hydrogen (secondary N) is 3. The number of urea groups is 1. The van der Waals surface area contributed by atoms with Gasteiger partial charge in [-0.1, -0.05) is 31.9 Å². The molecule has 1 spiro atoms. The molecule has 2 aliphatic rings. The average molecular weight is 502 g/mol. The van der Waals surface area contributed by atoms with E-state index in [2.05, 4.69) is 16.0 Å². The normalized spacial score (nSPS) is 21.9. The van der Waals surface area contributed by atoms with Crippen LogP contribution in [0.2, 0.25) is 0 Å². The number of hydrogen-bond donors (Lipinski definition) is 3. The van der Waals surface area contributed by atoms with E-state index in [1.807, 2.05) is 6.92 Å². The number of benzene rings is 2. The third kappa shape index (κ3) is 5.05. The Balaban J connectivity index is 1.40. The second-order valence-corrected chi connectivity index (χ2v) is 9.10. The molecule has 1 heterocycles. The van der Waals surface area contributed by atoms with Gasteiger partial charge in [0.05, 0.1) is 5.56 Å². The standard InChI is InChI=1S/C25H25F3N4O4/c1-15-6-2-3-11-24(15)22(35)32(23(36)31-24)14-20(33)29-18-9-4-7-16(12-18)21(34)30-19-10-5-8-17(13-19)25(26,27)28/h4-5,7-10,12-13,15H,2-3,6,11,14H2,1H3,(H,29,33)(H,30,34)(H,31,36)/t15-,24-/m0/s1. The van der Waals surface area contributed by atoms with Crippen LogP contribution in [0.15, 0.2) is 48.5 Å². The van der Waals surface area contributed by atoms with Crippen molar-refractivity contribution in [2.75, 3.05) is 17.2 Å². The molecule has 3 N–H and O–H groups in total. The monoisotopic (exact) mass is 502 g/mol. The summed E-state index contributed by atoms with van der Waals surface area (Å²) in [5.74, 6) is -1.76. The molecule has 0 unspecified atom stereocenters. The molecule has 11 heteroatoms. The highest BCUT2D eigenvalue weighted by Crippen LogP contribution is 2.38. The summed E-state index contributed by atoms with van der Waals surface area (Å²) in [5, 5.41) is 7.74. The fourth-order valence-corrected chi connectivity index (χ4v) is 4.70. The number of nitrogens with zero attached hydrogens (tertiary/aromatic N) is 1. The Labute approximate surface area is 205 Å². The number of alkyl halides is 3. The quantitative estimate of drug-likeness (QED) is 0.527. The van der Waals surface area contributed by atoms with Gasteiger partial charge in [0.15, 0.2) is 0 Å². The Morgan fingerprint density at radius 3 is 2.44 bits per heavy atom. The summed E-state index contributed by atoms with van der Waals surface area (Å²) < 4.78 is 38.8. The molecule has 2 aromatic rings. The number of carbonyl (C=O) groups is 4. The second kappa shape index (κ2) is 9.63. The molecule has 36 heavy (non-hydrogen) atoms. The summed E-state index contributed by atoms with van der Waals surface area (Å²) in [4.78, 5) is 51.6. The lowest BCUT2D eigenvalue weighted by molar-refractivity contribution is -0.137. The number of amides is 5. The number of rotatable bonds is 5. The van der Waals surface area contributed by atoms with Crippen LogP contribution in [0.1, 0.15) is 48.5 Å². The number of anilines is 2. The van der Waals surface area contributed by atoms with Crippen molar-refractivity contribution in [1.29, 1.82) is 0 Å². The molecule has 5 amide bonds. The van der Waals surface area contributed by atoms with Crippen molar-refractivity contribution in [2.45, 2.75) is 44.3 Å². The molecule has 2 atom stereocenters. The first-order valence-corrected chi connectivity index (χ1v) is 11.5. The van der Waals surface area contributed by atoms with Gasteiger partial charge in [0, 0.05) is 16.9 Å². The van der Waals surface area contributed by atoms with E-state index in [9.17, 15) is 32.3 Å². The SMILES string of the molecule is C[C@H]1CCCC[C@]12NC(=O)N(CC(=O)Nc1cccc(C(=O)Nc3cccc(C(F)(F)F)c3)c1)C2=O. The maximum atomic E-state index is 13.0. The molecule has 1 aliphatic carbocycles. The highest BCUT2D eigenvalue weighted by molar-refractivity contribution is 6.10. The lowest BCUT2D eigenvalue weighted by Crippen LogP contribution is -2.54. The van der Waals surface area contributed by atoms with E-state index >= 15 is 0 Å². The maximum absolute atomic E-state index is 13.0. The van der Waals surface area contributed by atoms with Crippen molar-refractivity contribution in [3.8, 4) is 0 Å². The zero-order valence-electron chi connectivity index (χ0n) is 19.4. The first-order valence-electron chi connectivity index (χ1n) is 11.5. The number of imide groups is 1. The molecule has 1 saturated heterocycles. The molecule has 0 radical (unpaired) electrons. The molecule has 190 valence electrons. The van der Waals surface area contributed by atoms with Gasteiger partial charge in [0.1, 0.15) is 12.1 Å². The molecule has 1 aliphatic heterocycles. The van der Waals surface area contributed by atoms with E-state index in [0.717, 1.165) is 36.3 Å². The minimum absolute atomic E-state index is 0.0336. The van der Waals surface area contributed by atoms with Gasteiger partial charge in [-0.2, -0.15) is 13.2 Å². The fraction of sp³-hybridized carbons (Fsp3) is 0.360.